The Bertz CT molecular complexity index is 264. The molecule has 0 aliphatic carbocycles. The highest BCUT2D eigenvalue weighted by molar-refractivity contribution is 8.23. The minimum atomic E-state index is -4.47. The van der Waals surface area contributed by atoms with Gasteiger partial charge >= 0.3 is 5.25 Å². The molecule has 8 heteroatoms. The summed E-state index contributed by atoms with van der Waals surface area (Å²) in [6.45, 7) is 0.549. The predicted octanol–water partition coefficient (Wildman–Crippen LogP) is 3.78. The smallest absolute Gasteiger partial charge is 0.281 e. The van der Waals surface area contributed by atoms with Crippen molar-refractivity contribution in [3.63, 3.8) is 0 Å². The van der Waals surface area contributed by atoms with Crippen molar-refractivity contribution in [1.29, 1.82) is 0 Å². The quantitative estimate of drug-likeness (QED) is 0.770. The van der Waals surface area contributed by atoms with E-state index < -0.39 is 28.4 Å². The first-order valence-electron chi connectivity index (χ1n) is 5.35. The molecule has 0 atom stereocenters. The molecule has 0 bridgehead atoms. The Morgan fingerprint density at radius 1 is 1.06 bits per heavy atom. The third-order valence-corrected chi connectivity index (χ3v) is 4.62. The molecule has 1 aliphatic heterocycles. The van der Waals surface area contributed by atoms with Gasteiger partial charge in [-0.2, -0.15) is 8.78 Å². The van der Waals surface area contributed by atoms with E-state index in [2.05, 4.69) is 0 Å². The molecule has 1 fully saturated rings. The zero-order chi connectivity index (χ0) is 13.3. The van der Waals surface area contributed by atoms with Gasteiger partial charge < -0.3 is 0 Å². The SMILES string of the molecule is CC(F)(F)CC(F)(F)S(O)(O)N1CCCCC1. The summed E-state index contributed by atoms with van der Waals surface area (Å²) < 4.78 is 72.1. The third kappa shape index (κ3) is 3.70. The molecule has 0 amide bonds. The second-order valence-corrected chi connectivity index (χ2v) is 6.54. The molecule has 17 heavy (non-hydrogen) atoms. The maximum atomic E-state index is 13.5. The van der Waals surface area contributed by atoms with Gasteiger partial charge in [-0.15, -0.1) is 0 Å². The van der Waals surface area contributed by atoms with Crippen LogP contribution in [-0.2, 0) is 0 Å². The second kappa shape index (κ2) is 4.91. The van der Waals surface area contributed by atoms with E-state index in [0.717, 1.165) is 10.7 Å². The highest BCUT2D eigenvalue weighted by Gasteiger charge is 2.53. The molecule has 1 aliphatic rings. The topological polar surface area (TPSA) is 43.7 Å². The first-order valence-corrected chi connectivity index (χ1v) is 6.85. The monoisotopic (exact) mass is 279 g/mol. The molecule has 0 saturated carbocycles. The van der Waals surface area contributed by atoms with Crippen LogP contribution in [-0.4, -0.2) is 37.7 Å². The lowest BCUT2D eigenvalue weighted by atomic mass is 10.2. The Kier molecular flexibility index (Phi) is 4.33. The summed E-state index contributed by atoms with van der Waals surface area (Å²) in [5.41, 5.74) is 0. The first kappa shape index (κ1) is 15.0. The normalized spacial score (nSPS) is 21.6. The van der Waals surface area contributed by atoms with Crippen molar-refractivity contribution in [1.82, 2.24) is 4.31 Å². The molecule has 1 rings (SSSR count). The summed E-state index contributed by atoms with van der Waals surface area (Å²) in [4.78, 5) is 0. The van der Waals surface area contributed by atoms with E-state index >= 15 is 0 Å². The third-order valence-electron chi connectivity index (χ3n) is 2.59. The fourth-order valence-electron chi connectivity index (χ4n) is 1.77. The van der Waals surface area contributed by atoms with Crippen LogP contribution < -0.4 is 0 Å². The summed E-state index contributed by atoms with van der Waals surface area (Å²) in [7, 11) is -4.47. The summed E-state index contributed by atoms with van der Waals surface area (Å²) in [6, 6.07) is 0. The van der Waals surface area contributed by atoms with Crippen LogP contribution in [0.1, 0.15) is 32.6 Å². The Labute approximate surface area is 99.3 Å². The number of rotatable bonds is 4. The van der Waals surface area contributed by atoms with Crippen LogP contribution in [0.3, 0.4) is 0 Å². The van der Waals surface area contributed by atoms with E-state index in [1.54, 1.807) is 0 Å². The van der Waals surface area contributed by atoms with E-state index in [4.69, 9.17) is 0 Å². The van der Waals surface area contributed by atoms with Gasteiger partial charge in [0.1, 0.15) is 0 Å². The fraction of sp³-hybridized carbons (Fsp3) is 1.00. The van der Waals surface area contributed by atoms with Crippen LogP contribution in [0.15, 0.2) is 0 Å². The van der Waals surface area contributed by atoms with Crippen LogP contribution in [0.25, 0.3) is 0 Å². The van der Waals surface area contributed by atoms with Gasteiger partial charge in [0.15, 0.2) is 0 Å². The molecular weight excluding hydrogens is 262 g/mol. The molecule has 0 spiro atoms. The largest absolute Gasteiger partial charge is 0.355 e. The average Bonchev–Trinajstić information content (AvgIpc) is 2.15. The summed E-state index contributed by atoms with van der Waals surface area (Å²) >= 11 is 0. The van der Waals surface area contributed by atoms with Crippen molar-refractivity contribution >= 4 is 10.8 Å². The second-order valence-electron chi connectivity index (χ2n) is 4.39. The maximum Gasteiger partial charge on any atom is 0.355 e. The lowest BCUT2D eigenvalue weighted by Crippen LogP contribution is -2.43. The number of hydrogen-bond acceptors (Lipinski definition) is 3. The highest BCUT2D eigenvalue weighted by atomic mass is 32.3. The van der Waals surface area contributed by atoms with Gasteiger partial charge in [0.25, 0.3) is 5.92 Å². The van der Waals surface area contributed by atoms with E-state index in [1.807, 2.05) is 0 Å². The summed E-state index contributed by atoms with van der Waals surface area (Å²) in [5, 5.41) is -4.19. The van der Waals surface area contributed by atoms with Crippen molar-refractivity contribution in [2.45, 2.75) is 43.8 Å². The van der Waals surface area contributed by atoms with Crippen LogP contribution >= 0.6 is 10.8 Å². The predicted molar refractivity (Wildman–Crippen MR) is 58.5 cm³/mol. The number of nitrogens with zero attached hydrogens (tertiary/aromatic N) is 1. The molecule has 0 aromatic rings. The fourth-order valence-corrected chi connectivity index (χ4v) is 3.36. The van der Waals surface area contributed by atoms with Crippen molar-refractivity contribution < 1.29 is 26.7 Å². The molecule has 2 N–H and O–H groups in total. The molecule has 0 aromatic heterocycles. The highest BCUT2D eigenvalue weighted by Crippen LogP contribution is 2.61. The Morgan fingerprint density at radius 3 is 1.94 bits per heavy atom. The maximum absolute atomic E-state index is 13.5. The molecule has 0 aromatic carbocycles. The molecule has 0 unspecified atom stereocenters. The number of hydrogen-bond donors (Lipinski definition) is 2. The summed E-state index contributed by atoms with van der Waals surface area (Å²) in [5.74, 6) is -3.64. The van der Waals surface area contributed by atoms with Gasteiger partial charge in [-0.1, -0.05) is 17.2 Å². The van der Waals surface area contributed by atoms with Crippen LogP contribution in [0.5, 0.6) is 0 Å². The van der Waals surface area contributed by atoms with E-state index in [9.17, 15) is 26.7 Å². The van der Waals surface area contributed by atoms with Gasteiger partial charge in [0.2, 0.25) is 0 Å². The molecular formula is C9H17F4NO2S. The lowest BCUT2D eigenvalue weighted by molar-refractivity contribution is -0.0645. The van der Waals surface area contributed by atoms with E-state index in [1.165, 1.54) is 0 Å². The molecule has 0 radical (unpaired) electrons. The van der Waals surface area contributed by atoms with Gasteiger partial charge in [0, 0.05) is 13.1 Å². The van der Waals surface area contributed by atoms with Crippen molar-refractivity contribution in [2.75, 3.05) is 13.1 Å². The number of halogens is 4. The Balaban J connectivity index is 2.79. The van der Waals surface area contributed by atoms with Crippen molar-refractivity contribution in [2.24, 2.45) is 0 Å². The minimum absolute atomic E-state index is 0.104. The van der Waals surface area contributed by atoms with Gasteiger partial charge in [0.05, 0.1) is 6.42 Å². The van der Waals surface area contributed by atoms with Crippen LogP contribution in [0.4, 0.5) is 17.6 Å². The van der Waals surface area contributed by atoms with Gasteiger partial charge in [-0.3, -0.25) is 9.11 Å². The molecule has 1 heterocycles. The Hall–Kier alpha value is -0.0500. The van der Waals surface area contributed by atoms with Crippen molar-refractivity contribution in [3.05, 3.63) is 0 Å². The minimum Gasteiger partial charge on any atom is -0.281 e. The van der Waals surface area contributed by atoms with Gasteiger partial charge in [-0.05, 0) is 19.8 Å². The van der Waals surface area contributed by atoms with E-state index in [-0.39, 0.29) is 13.1 Å². The summed E-state index contributed by atoms with van der Waals surface area (Å²) in [6.07, 6.45) is 0.100. The molecule has 104 valence electrons. The zero-order valence-corrected chi connectivity index (χ0v) is 10.3. The Morgan fingerprint density at radius 2 is 1.53 bits per heavy atom. The lowest BCUT2D eigenvalue weighted by Gasteiger charge is -2.48. The molecule has 1 saturated heterocycles. The van der Waals surface area contributed by atoms with Crippen LogP contribution in [0.2, 0.25) is 0 Å². The zero-order valence-electron chi connectivity index (χ0n) is 9.50. The van der Waals surface area contributed by atoms with Crippen molar-refractivity contribution in [3.8, 4) is 0 Å². The molecule has 3 nitrogen and oxygen atoms in total. The number of alkyl halides is 4. The van der Waals surface area contributed by atoms with Crippen LogP contribution in [0, 0.1) is 0 Å². The number of piperidine rings is 1. The first-order chi connectivity index (χ1) is 7.56. The van der Waals surface area contributed by atoms with Gasteiger partial charge in [-0.25, -0.2) is 13.1 Å². The standard InChI is InChI=1S/C9H17F4NO2S/c1-8(10,11)7-9(12,13)17(15,16)14-5-3-2-4-6-14/h15-16H,2-7H2,1H3. The van der Waals surface area contributed by atoms with E-state index in [0.29, 0.717) is 19.8 Å². The average molecular weight is 279 g/mol.